The van der Waals surface area contributed by atoms with Crippen molar-refractivity contribution < 1.29 is 9.59 Å². The van der Waals surface area contributed by atoms with Crippen molar-refractivity contribution in [2.45, 2.75) is 20.3 Å². The minimum atomic E-state index is -0.583. The number of nitrogen functional groups attached to an aromatic ring is 1. The van der Waals surface area contributed by atoms with E-state index in [0.29, 0.717) is 16.7 Å². The summed E-state index contributed by atoms with van der Waals surface area (Å²) in [6.45, 7) is 6.11. The Hall–Kier alpha value is -1.76. The fourth-order valence-electron chi connectivity index (χ4n) is 2.62. The van der Waals surface area contributed by atoms with E-state index in [1.54, 1.807) is 0 Å². The second-order valence-corrected chi connectivity index (χ2v) is 6.66. The van der Waals surface area contributed by atoms with E-state index in [4.69, 9.17) is 11.5 Å². The van der Waals surface area contributed by atoms with Crippen molar-refractivity contribution in [3.8, 4) is 0 Å². The van der Waals surface area contributed by atoms with Crippen molar-refractivity contribution in [2.75, 3.05) is 30.8 Å². The molecule has 116 valence electrons. The summed E-state index contributed by atoms with van der Waals surface area (Å²) in [6, 6.07) is 0. The van der Waals surface area contributed by atoms with Crippen LogP contribution in [0.2, 0.25) is 0 Å². The Balaban J connectivity index is 2.43. The molecule has 5 N–H and O–H groups in total. The van der Waals surface area contributed by atoms with E-state index in [2.05, 4.69) is 24.1 Å². The number of primary amides is 1. The van der Waals surface area contributed by atoms with E-state index in [1.807, 2.05) is 0 Å². The molecule has 0 spiro atoms. The Labute approximate surface area is 128 Å². The number of anilines is 2. The zero-order valence-electron chi connectivity index (χ0n) is 12.6. The van der Waals surface area contributed by atoms with Gasteiger partial charge in [-0.3, -0.25) is 9.59 Å². The topological polar surface area (TPSA) is 101 Å². The van der Waals surface area contributed by atoms with Gasteiger partial charge in [0.05, 0.1) is 11.3 Å². The van der Waals surface area contributed by atoms with Crippen LogP contribution in [-0.2, 0) is 0 Å². The number of hydrogen-bond donors (Lipinski definition) is 3. The third-order valence-electron chi connectivity index (χ3n) is 4.23. The fraction of sp³-hybridized carbons (Fsp3) is 0.571. The number of nitrogens with one attached hydrogen (secondary N) is 1. The van der Waals surface area contributed by atoms with Crippen LogP contribution in [0.25, 0.3) is 0 Å². The van der Waals surface area contributed by atoms with Crippen molar-refractivity contribution in [1.29, 1.82) is 0 Å². The third-order valence-corrected chi connectivity index (χ3v) is 5.49. The van der Waals surface area contributed by atoms with E-state index in [-0.39, 0.29) is 17.2 Å². The van der Waals surface area contributed by atoms with E-state index in [0.717, 1.165) is 24.5 Å². The van der Waals surface area contributed by atoms with Gasteiger partial charge in [-0.2, -0.15) is 0 Å². The predicted octanol–water partition coefficient (Wildman–Crippen LogP) is 1.27. The minimum Gasteiger partial charge on any atom is -0.397 e. The van der Waals surface area contributed by atoms with Gasteiger partial charge in [0.1, 0.15) is 9.88 Å². The molecule has 2 rings (SSSR count). The molecule has 0 radical (unpaired) electrons. The van der Waals surface area contributed by atoms with Gasteiger partial charge >= 0.3 is 0 Å². The number of rotatable bonds is 3. The molecule has 2 unspecified atom stereocenters. The molecule has 0 aliphatic carbocycles. The number of piperidine rings is 1. The van der Waals surface area contributed by atoms with Gasteiger partial charge in [0.15, 0.2) is 0 Å². The molecule has 0 aromatic carbocycles. The van der Waals surface area contributed by atoms with E-state index in [1.165, 1.54) is 18.4 Å². The number of thiophene rings is 1. The average Bonchev–Trinajstić information content (AvgIpc) is 2.78. The minimum absolute atomic E-state index is 0.188. The van der Waals surface area contributed by atoms with Crippen molar-refractivity contribution in [3.05, 3.63) is 10.4 Å². The maximum Gasteiger partial charge on any atom is 0.263 e. The molecule has 2 atom stereocenters. The summed E-state index contributed by atoms with van der Waals surface area (Å²) >= 11 is 1.24. The lowest BCUT2D eigenvalue weighted by Gasteiger charge is -2.36. The number of nitrogens with two attached hydrogens (primary N) is 2. The SMILES string of the molecule is CNC(=O)c1sc(N2CCC(C)C(C)C2)c(C(N)=O)c1N. The summed E-state index contributed by atoms with van der Waals surface area (Å²) in [7, 11) is 1.54. The molecule has 0 bridgehead atoms. The standard InChI is InChI=1S/C14H22N4O2S/c1-7-4-5-18(6-8(7)2)14-9(12(16)19)10(15)11(21-14)13(20)17-3/h7-8H,4-6,15H2,1-3H3,(H2,16,19)(H,17,20). The summed E-state index contributed by atoms with van der Waals surface area (Å²) in [5.41, 5.74) is 11.9. The van der Waals surface area contributed by atoms with Crippen molar-refractivity contribution in [2.24, 2.45) is 17.6 Å². The van der Waals surface area contributed by atoms with Crippen LogP contribution in [0.3, 0.4) is 0 Å². The molecule has 1 saturated heterocycles. The second-order valence-electron chi connectivity index (χ2n) is 5.66. The van der Waals surface area contributed by atoms with Crippen molar-refractivity contribution >= 4 is 33.8 Å². The zero-order valence-corrected chi connectivity index (χ0v) is 13.4. The summed E-state index contributed by atoms with van der Waals surface area (Å²) in [5.74, 6) is 0.296. The Kier molecular flexibility index (Phi) is 4.41. The number of amides is 2. The van der Waals surface area contributed by atoms with Crippen LogP contribution in [0, 0.1) is 11.8 Å². The lowest BCUT2D eigenvalue weighted by Crippen LogP contribution is -2.38. The van der Waals surface area contributed by atoms with Crippen LogP contribution in [0.5, 0.6) is 0 Å². The molecular formula is C14H22N4O2S. The maximum absolute atomic E-state index is 11.9. The Bertz CT molecular complexity index is 570. The first-order chi connectivity index (χ1) is 9.86. The molecule has 1 aromatic heterocycles. The zero-order chi connectivity index (χ0) is 15.7. The number of carbonyl (C=O) groups excluding carboxylic acids is 2. The van der Waals surface area contributed by atoms with Crippen LogP contribution < -0.4 is 21.7 Å². The van der Waals surface area contributed by atoms with E-state index < -0.39 is 5.91 Å². The molecule has 21 heavy (non-hydrogen) atoms. The van der Waals surface area contributed by atoms with Crippen LogP contribution in [0.1, 0.15) is 40.3 Å². The fourth-order valence-corrected chi connectivity index (χ4v) is 3.83. The first-order valence-electron chi connectivity index (χ1n) is 7.05. The lowest BCUT2D eigenvalue weighted by molar-refractivity contribution is 0.0967. The van der Waals surface area contributed by atoms with Gasteiger partial charge < -0.3 is 21.7 Å². The molecule has 1 fully saturated rings. The molecule has 0 saturated carbocycles. The van der Waals surface area contributed by atoms with Gasteiger partial charge in [0.25, 0.3) is 11.8 Å². The van der Waals surface area contributed by atoms with Crippen LogP contribution in [0.4, 0.5) is 10.7 Å². The highest BCUT2D eigenvalue weighted by atomic mass is 32.1. The Morgan fingerprint density at radius 1 is 1.33 bits per heavy atom. The highest BCUT2D eigenvalue weighted by Crippen LogP contribution is 2.40. The normalized spacial score (nSPS) is 22.1. The molecule has 2 heterocycles. The molecule has 7 heteroatoms. The quantitative estimate of drug-likeness (QED) is 0.782. The van der Waals surface area contributed by atoms with Crippen molar-refractivity contribution in [3.63, 3.8) is 0 Å². The molecular weight excluding hydrogens is 288 g/mol. The largest absolute Gasteiger partial charge is 0.397 e. The highest BCUT2D eigenvalue weighted by molar-refractivity contribution is 7.19. The van der Waals surface area contributed by atoms with E-state index in [9.17, 15) is 9.59 Å². The monoisotopic (exact) mass is 310 g/mol. The highest BCUT2D eigenvalue weighted by Gasteiger charge is 2.30. The molecule has 6 nitrogen and oxygen atoms in total. The Morgan fingerprint density at radius 3 is 2.52 bits per heavy atom. The average molecular weight is 310 g/mol. The predicted molar refractivity (Wildman–Crippen MR) is 85.8 cm³/mol. The summed E-state index contributed by atoms with van der Waals surface area (Å²) in [4.78, 5) is 26.1. The first kappa shape index (κ1) is 15.6. The van der Waals surface area contributed by atoms with Crippen LogP contribution in [0.15, 0.2) is 0 Å². The first-order valence-corrected chi connectivity index (χ1v) is 7.87. The molecule has 2 amide bonds. The van der Waals surface area contributed by atoms with Gasteiger partial charge in [-0.05, 0) is 18.3 Å². The summed E-state index contributed by atoms with van der Waals surface area (Å²) < 4.78 is 0. The summed E-state index contributed by atoms with van der Waals surface area (Å²) in [5, 5.41) is 3.26. The van der Waals surface area contributed by atoms with Gasteiger partial charge in [0, 0.05) is 20.1 Å². The maximum atomic E-state index is 11.9. The summed E-state index contributed by atoms with van der Waals surface area (Å²) in [6.07, 6.45) is 1.05. The lowest BCUT2D eigenvalue weighted by atomic mass is 9.89. The molecule has 1 aliphatic heterocycles. The van der Waals surface area contributed by atoms with Crippen LogP contribution >= 0.6 is 11.3 Å². The Morgan fingerprint density at radius 2 is 2.00 bits per heavy atom. The van der Waals surface area contributed by atoms with Crippen LogP contribution in [-0.4, -0.2) is 32.0 Å². The van der Waals surface area contributed by atoms with E-state index >= 15 is 0 Å². The molecule has 1 aliphatic rings. The smallest absolute Gasteiger partial charge is 0.263 e. The second kappa shape index (κ2) is 5.93. The molecule has 1 aromatic rings. The van der Waals surface area contributed by atoms with Crippen molar-refractivity contribution in [1.82, 2.24) is 5.32 Å². The third kappa shape index (κ3) is 2.83. The van der Waals surface area contributed by atoms with Gasteiger partial charge in [-0.1, -0.05) is 13.8 Å². The number of carbonyl (C=O) groups is 2. The van der Waals surface area contributed by atoms with Gasteiger partial charge in [-0.15, -0.1) is 11.3 Å². The number of nitrogens with zero attached hydrogens (tertiary/aromatic N) is 1. The number of hydrogen-bond acceptors (Lipinski definition) is 5. The van der Waals surface area contributed by atoms with Gasteiger partial charge in [0.2, 0.25) is 0 Å². The van der Waals surface area contributed by atoms with Gasteiger partial charge in [-0.25, -0.2) is 0 Å².